The third kappa shape index (κ3) is 1.64. The molecule has 0 radical (unpaired) electrons. The molecule has 1 aliphatic carbocycles. The van der Waals surface area contributed by atoms with E-state index in [0.29, 0.717) is 11.8 Å². The highest BCUT2D eigenvalue weighted by atomic mass is 16.3. The second-order valence-corrected chi connectivity index (χ2v) is 3.85. The maximum Gasteiger partial charge on any atom is 0.0647 e. The third-order valence-corrected chi connectivity index (χ3v) is 2.80. The minimum absolute atomic E-state index is 0.273. The lowest BCUT2D eigenvalue weighted by Crippen LogP contribution is -2.10. The topological polar surface area (TPSA) is 20.2 Å². The molecule has 1 atom stereocenters. The second-order valence-electron chi connectivity index (χ2n) is 3.85. The summed E-state index contributed by atoms with van der Waals surface area (Å²) in [6.07, 6.45) is 2.44. The largest absolute Gasteiger partial charge is 0.392 e. The zero-order chi connectivity index (χ0) is 8.43. The Morgan fingerprint density at radius 1 is 1.55 bits per heavy atom. The minimum Gasteiger partial charge on any atom is -0.392 e. The smallest absolute Gasteiger partial charge is 0.0647 e. The Hall–Kier alpha value is -0.300. The van der Waals surface area contributed by atoms with Gasteiger partial charge in [0.05, 0.1) is 6.61 Å². The van der Waals surface area contributed by atoms with Gasteiger partial charge in [0.15, 0.2) is 0 Å². The Kier molecular flexibility index (Phi) is 2.72. The van der Waals surface area contributed by atoms with Crippen molar-refractivity contribution in [3.8, 4) is 0 Å². The average Bonchev–Trinajstić information content (AvgIpc) is 2.30. The van der Waals surface area contributed by atoms with Crippen LogP contribution in [0.3, 0.4) is 0 Å². The number of aliphatic hydroxyl groups excluding tert-OH is 1. The number of rotatable bonds is 2. The van der Waals surface area contributed by atoms with Gasteiger partial charge in [-0.2, -0.15) is 0 Å². The van der Waals surface area contributed by atoms with Crippen molar-refractivity contribution in [1.29, 1.82) is 0 Å². The summed E-state index contributed by atoms with van der Waals surface area (Å²) in [6, 6.07) is 0. The van der Waals surface area contributed by atoms with Gasteiger partial charge in [0.2, 0.25) is 0 Å². The van der Waals surface area contributed by atoms with E-state index in [1.54, 1.807) is 0 Å². The van der Waals surface area contributed by atoms with Gasteiger partial charge in [-0.1, -0.05) is 19.4 Å². The highest BCUT2D eigenvalue weighted by Gasteiger charge is 2.24. The molecular formula is C10H18O. The van der Waals surface area contributed by atoms with Crippen molar-refractivity contribution in [2.75, 3.05) is 6.61 Å². The summed E-state index contributed by atoms with van der Waals surface area (Å²) in [5, 5.41) is 9.10. The molecule has 0 unspecified atom stereocenters. The van der Waals surface area contributed by atoms with E-state index in [1.807, 2.05) is 0 Å². The van der Waals surface area contributed by atoms with E-state index >= 15 is 0 Å². The van der Waals surface area contributed by atoms with Crippen molar-refractivity contribution in [2.45, 2.75) is 33.6 Å². The molecule has 1 nitrogen and oxygen atoms in total. The van der Waals surface area contributed by atoms with Crippen LogP contribution in [0.2, 0.25) is 0 Å². The van der Waals surface area contributed by atoms with Crippen molar-refractivity contribution in [3.05, 3.63) is 11.1 Å². The van der Waals surface area contributed by atoms with Crippen molar-refractivity contribution < 1.29 is 5.11 Å². The van der Waals surface area contributed by atoms with Gasteiger partial charge in [-0.15, -0.1) is 0 Å². The van der Waals surface area contributed by atoms with Crippen LogP contribution in [0.4, 0.5) is 0 Å². The van der Waals surface area contributed by atoms with E-state index in [0.717, 1.165) is 0 Å². The third-order valence-electron chi connectivity index (χ3n) is 2.80. The molecule has 1 heteroatoms. The lowest BCUT2D eigenvalue weighted by atomic mass is 9.90. The minimum atomic E-state index is 0.273. The van der Waals surface area contributed by atoms with Crippen molar-refractivity contribution >= 4 is 0 Å². The lowest BCUT2D eigenvalue weighted by molar-refractivity contribution is 0.299. The quantitative estimate of drug-likeness (QED) is 0.605. The fourth-order valence-corrected chi connectivity index (χ4v) is 2.01. The number of allylic oxidation sites excluding steroid dienone is 1. The average molecular weight is 154 g/mol. The van der Waals surface area contributed by atoms with Crippen LogP contribution in [0.5, 0.6) is 0 Å². The zero-order valence-corrected chi connectivity index (χ0v) is 7.72. The molecular weight excluding hydrogens is 136 g/mol. The van der Waals surface area contributed by atoms with Crippen LogP contribution in [0.25, 0.3) is 0 Å². The van der Waals surface area contributed by atoms with Gasteiger partial charge in [-0.3, -0.25) is 0 Å². The van der Waals surface area contributed by atoms with Gasteiger partial charge in [0, 0.05) is 0 Å². The van der Waals surface area contributed by atoms with Crippen LogP contribution in [0, 0.1) is 11.8 Å². The highest BCUT2D eigenvalue weighted by Crippen LogP contribution is 2.35. The van der Waals surface area contributed by atoms with Gasteiger partial charge >= 0.3 is 0 Å². The molecule has 64 valence electrons. The predicted molar refractivity (Wildman–Crippen MR) is 47.3 cm³/mol. The molecule has 11 heavy (non-hydrogen) atoms. The van der Waals surface area contributed by atoms with E-state index in [9.17, 15) is 0 Å². The molecule has 0 aromatic heterocycles. The van der Waals surface area contributed by atoms with Crippen molar-refractivity contribution in [1.82, 2.24) is 0 Å². The van der Waals surface area contributed by atoms with Crippen molar-refractivity contribution in [3.63, 3.8) is 0 Å². The first kappa shape index (κ1) is 8.79. The molecule has 0 saturated heterocycles. The number of aliphatic hydroxyl groups is 1. The first-order valence-corrected chi connectivity index (χ1v) is 4.46. The summed E-state index contributed by atoms with van der Waals surface area (Å²) >= 11 is 0. The number of hydrogen-bond acceptors (Lipinski definition) is 1. The molecule has 0 fully saturated rings. The monoisotopic (exact) mass is 154 g/mol. The maximum absolute atomic E-state index is 9.10. The molecule has 1 aliphatic rings. The molecule has 0 spiro atoms. The Bertz CT molecular complexity index is 168. The SMILES string of the molecule is CC1=C(CO)[C@@H](C(C)C)CC1. The zero-order valence-electron chi connectivity index (χ0n) is 7.72. The van der Waals surface area contributed by atoms with E-state index in [4.69, 9.17) is 5.11 Å². The van der Waals surface area contributed by atoms with E-state index in [1.165, 1.54) is 24.0 Å². The summed E-state index contributed by atoms with van der Waals surface area (Å²) < 4.78 is 0. The second kappa shape index (κ2) is 3.40. The fourth-order valence-electron chi connectivity index (χ4n) is 2.01. The summed E-state index contributed by atoms with van der Waals surface area (Å²) in [5.41, 5.74) is 2.73. The van der Waals surface area contributed by atoms with Gasteiger partial charge < -0.3 is 5.11 Å². The Morgan fingerprint density at radius 3 is 2.55 bits per heavy atom. The van der Waals surface area contributed by atoms with Crippen LogP contribution in [-0.2, 0) is 0 Å². The first-order chi connectivity index (χ1) is 5.16. The van der Waals surface area contributed by atoms with Crippen LogP contribution < -0.4 is 0 Å². The molecule has 0 aromatic rings. The fraction of sp³-hybridized carbons (Fsp3) is 0.800. The summed E-state index contributed by atoms with van der Waals surface area (Å²) in [6.45, 7) is 6.89. The van der Waals surface area contributed by atoms with Gasteiger partial charge in [0.25, 0.3) is 0 Å². The molecule has 0 bridgehead atoms. The predicted octanol–water partition coefficient (Wildman–Crippen LogP) is 2.36. The number of hydrogen-bond donors (Lipinski definition) is 1. The maximum atomic E-state index is 9.10. The molecule has 1 rings (SSSR count). The van der Waals surface area contributed by atoms with Crippen LogP contribution in [0.15, 0.2) is 11.1 Å². The van der Waals surface area contributed by atoms with E-state index in [2.05, 4.69) is 20.8 Å². The summed E-state index contributed by atoms with van der Waals surface area (Å²) in [4.78, 5) is 0. The summed E-state index contributed by atoms with van der Waals surface area (Å²) in [7, 11) is 0. The Morgan fingerprint density at radius 2 is 2.18 bits per heavy atom. The Balaban J connectivity index is 2.72. The molecule has 0 aromatic carbocycles. The first-order valence-electron chi connectivity index (χ1n) is 4.46. The molecule has 0 heterocycles. The van der Waals surface area contributed by atoms with Crippen LogP contribution in [-0.4, -0.2) is 11.7 Å². The molecule has 0 saturated carbocycles. The molecule has 1 N–H and O–H groups in total. The Labute approximate surface area is 69.1 Å². The van der Waals surface area contributed by atoms with E-state index in [-0.39, 0.29) is 6.61 Å². The lowest BCUT2D eigenvalue weighted by Gasteiger charge is -2.17. The van der Waals surface area contributed by atoms with E-state index < -0.39 is 0 Å². The molecule has 0 aliphatic heterocycles. The van der Waals surface area contributed by atoms with Crippen LogP contribution >= 0.6 is 0 Å². The van der Waals surface area contributed by atoms with Crippen LogP contribution in [0.1, 0.15) is 33.6 Å². The summed E-state index contributed by atoms with van der Waals surface area (Å²) in [5.74, 6) is 1.34. The standard InChI is InChI=1S/C10H18O/c1-7(2)9-5-4-8(3)10(9)6-11/h7,9,11H,4-6H2,1-3H3/t9-/m1/s1. The van der Waals surface area contributed by atoms with Gasteiger partial charge in [-0.25, -0.2) is 0 Å². The van der Waals surface area contributed by atoms with Gasteiger partial charge in [-0.05, 0) is 37.2 Å². The normalized spacial score (nSPS) is 25.4. The van der Waals surface area contributed by atoms with Gasteiger partial charge in [0.1, 0.15) is 0 Å². The highest BCUT2D eigenvalue weighted by molar-refractivity contribution is 5.21. The van der Waals surface area contributed by atoms with Crippen molar-refractivity contribution in [2.24, 2.45) is 11.8 Å². The molecule has 0 amide bonds.